The van der Waals surface area contributed by atoms with E-state index in [1.165, 1.54) is 4.74 Å². The molecule has 0 aromatic rings. The third kappa shape index (κ3) is 3.27. The van der Waals surface area contributed by atoms with Crippen LogP contribution < -0.4 is 0 Å². The summed E-state index contributed by atoms with van der Waals surface area (Å²) in [6.45, 7) is 0. The van der Waals surface area contributed by atoms with E-state index in [4.69, 9.17) is 5.11 Å². The minimum atomic E-state index is -7.81. The van der Waals surface area contributed by atoms with Crippen molar-refractivity contribution in [3.8, 4) is 0 Å². The van der Waals surface area contributed by atoms with Crippen molar-refractivity contribution in [2.45, 2.75) is 36.3 Å². The zero-order valence-corrected chi connectivity index (χ0v) is 8.77. The standard InChI is InChI=1S/C6HF13O2/c7-1(8,2(9,10)4(13,14)20)3(11,12)5(15,16)21-6(17,18)19/h20H. The molecule has 0 amide bonds. The maximum absolute atomic E-state index is 12.5. The maximum Gasteiger partial charge on any atom is 0.527 e. The van der Waals surface area contributed by atoms with Gasteiger partial charge in [0.05, 0.1) is 0 Å². The quantitative estimate of drug-likeness (QED) is 0.767. The molecule has 15 heteroatoms. The Labute approximate surface area is 105 Å². The average Bonchev–Trinajstić information content (AvgIpc) is 2.10. The van der Waals surface area contributed by atoms with Gasteiger partial charge < -0.3 is 5.11 Å². The molecule has 0 atom stereocenters. The summed E-state index contributed by atoms with van der Waals surface area (Å²) in [5.74, 6) is -23.1. The van der Waals surface area contributed by atoms with Crippen molar-refractivity contribution >= 4 is 0 Å². The molecule has 0 aliphatic rings. The fourth-order valence-electron chi connectivity index (χ4n) is 0.778. The highest BCUT2D eigenvalue weighted by Gasteiger charge is 2.88. The average molecular weight is 352 g/mol. The Morgan fingerprint density at radius 2 is 0.857 bits per heavy atom. The third-order valence-corrected chi connectivity index (χ3v) is 1.78. The van der Waals surface area contributed by atoms with E-state index in [-0.39, 0.29) is 0 Å². The van der Waals surface area contributed by atoms with Gasteiger partial charge in [0.15, 0.2) is 0 Å². The first-order valence-corrected chi connectivity index (χ1v) is 4.09. The lowest BCUT2D eigenvalue weighted by Gasteiger charge is -2.37. The first-order chi connectivity index (χ1) is 8.71. The topological polar surface area (TPSA) is 29.5 Å². The summed E-state index contributed by atoms with van der Waals surface area (Å²) in [6.07, 6.45) is -21.0. The van der Waals surface area contributed by atoms with Gasteiger partial charge in [-0.05, 0) is 0 Å². The smallest absolute Gasteiger partial charge is 0.331 e. The van der Waals surface area contributed by atoms with E-state index in [0.717, 1.165) is 0 Å². The van der Waals surface area contributed by atoms with E-state index in [1.807, 2.05) is 0 Å². The number of hydrogen-bond acceptors (Lipinski definition) is 2. The molecule has 0 saturated carbocycles. The van der Waals surface area contributed by atoms with Gasteiger partial charge in [0.1, 0.15) is 0 Å². The van der Waals surface area contributed by atoms with Gasteiger partial charge >= 0.3 is 36.3 Å². The Hall–Kier alpha value is -0.990. The van der Waals surface area contributed by atoms with E-state index < -0.39 is 36.3 Å². The second-order valence-corrected chi connectivity index (χ2v) is 3.33. The Bertz CT molecular complexity index is 377. The summed E-state index contributed by atoms with van der Waals surface area (Å²) in [4.78, 5) is 0. The molecular weight excluding hydrogens is 351 g/mol. The van der Waals surface area contributed by atoms with Crippen LogP contribution in [-0.2, 0) is 4.74 Å². The van der Waals surface area contributed by atoms with Gasteiger partial charge in [-0.2, -0.15) is 43.9 Å². The first-order valence-electron chi connectivity index (χ1n) is 4.09. The molecule has 0 rings (SSSR count). The maximum atomic E-state index is 12.5. The normalized spacial score (nSPS) is 16.3. The molecule has 0 spiro atoms. The lowest BCUT2D eigenvalue weighted by Crippen LogP contribution is -2.68. The van der Waals surface area contributed by atoms with Gasteiger partial charge in [-0.1, -0.05) is 0 Å². The molecule has 0 aromatic carbocycles. The van der Waals surface area contributed by atoms with Gasteiger partial charge in [0, 0.05) is 0 Å². The van der Waals surface area contributed by atoms with E-state index >= 15 is 0 Å². The Morgan fingerprint density at radius 3 is 1.10 bits per heavy atom. The van der Waals surface area contributed by atoms with E-state index in [9.17, 15) is 57.1 Å². The monoisotopic (exact) mass is 352 g/mol. The zero-order chi connectivity index (χ0) is 17.7. The van der Waals surface area contributed by atoms with Crippen molar-refractivity contribution in [3.63, 3.8) is 0 Å². The molecule has 0 heterocycles. The van der Waals surface area contributed by atoms with Crippen molar-refractivity contribution in [2.75, 3.05) is 0 Å². The molecule has 0 aromatic heterocycles. The number of alkyl halides is 13. The molecule has 128 valence electrons. The summed E-state index contributed by atoms with van der Waals surface area (Å²) < 4.78 is 158. The van der Waals surface area contributed by atoms with E-state index in [2.05, 4.69) is 0 Å². The fourth-order valence-corrected chi connectivity index (χ4v) is 0.778. The highest BCUT2D eigenvalue weighted by atomic mass is 19.4. The van der Waals surface area contributed by atoms with Gasteiger partial charge in [-0.3, -0.25) is 0 Å². The van der Waals surface area contributed by atoms with Crippen LogP contribution in [0.15, 0.2) is 0 Å². The van der Waals surface area contributed by atoms with Crippen molar-refractivity contribution in [1.82, 2.24) is 0 Å². The number of ether oxygens (including phenoxy) is 1. The molecule has 2 nitrogen and oxygen atoms in total. The molecule has 1 N–H and O–H groups in total. The van der Waals surface area contributed by atoms with Crippen LogP contribution in [0.4, 0.5) is 57.1 Å². The summed E-state index contributed by atoms with van der Waals surface area (Å²) in [5, 5.41) is 7.34. The lowest BCUT2D eigenvalue weighted by molar-refractivity contribution is -0.509. The molecule has 0 fully saturated rings. The largest absolute Gasteiger partial charge is 0.527 e. The van der Waals surface area contributed by atoms with Crippen LogP contribution in [-0.4, -0.2) is 41.5 Å². The van der Waals surface area contributed by atoms with Crippen molar-refractivity contribution in [3.05, 3.63) is 0 Å². The van der Waals surface area contributed by atoms with Crippen LogP contribution in [0.3, 0.4) is 0 Å². The van der Waals surface area contributed by atoms with E-state index in [0.29, 0.717) is 0 Å². The van der Waals surface area contributed by atoms with Crippen LogP contribution in [0, 0.1) is 0 Å². The lowest BCUT2D eigenvalue weighted by atomic mass is 10.0. The second-order valence-electron chi connectivity index (χ2n) is 3.33. The zero-order valence-electron chi connectivity index (χ0n) is 8.77. The van der Waals surface area contributed by atoms with Crippen LogP contribution in [0.1, 0.15) is 0 Å². The van der Waals surface area contributed by atoms with Crippen molar-refractivity contribution in [2.24, 2.45) is 0 Å². The SMILES string of the molecule is OC(F)(F)C(F)(F)C(F)(F)C(F)(F)C(F)(F)OC(F)(F)F. The van der Waals surface area contributed by atoms with Crippen molar-refractivity contribution < 1.29 is 66.9 Å². The summed E-state index contributed by atoms with van der Waals surface area (Å²) >= 11 is 0. The first kappa shape index (κ1) is 20.0. The summed E-state index contributed by atoms with van der Waals surface area (Å²) in [6, 6.07) is 0. The Kier molecular flexibility index (Phi) is 4.53. The predicted octanol–water partition coefficient (Wildman–Crippen LogP) is 3.61. The molecule has 0 aliphatic heterocycles. The van der Waals surface area contributed by atoms with Crippen molar-refractivity contribution in [1.29, 1.82) is 0 Å². The number of aliphatic hydroxyl groups is 1. The summed E-state index contributed by atoms with van der Waals surface area (Å²) in [5.41, 5.74) is 0. The Balaban J connectivity index is 5.89. The highest BCUT2D eigenvalue weighted by Crippen LogP contribution is 2.57. The molecule has 21 heavy (non-hydrogen) atoms. The van der Waals surface area contributed by atoms with Gasteiger partial charge in [-0.25, -0.2) is 4.74 Å². The van der Waals surface area contributed by atoms with E-state index in [1.54, 1.807) is 0 Å². The molecule has 0 saturated heterocycles. The number of halogens is 13. The highest BCUT2D eigenvalue weighted by molar-refractivity contribution is 5.03. The Morgan fingerprint density at radius 1 is 0.524 bits per heavy atom. The number of rotatable bonds is 5. The van der Waals surface area contributed by atoms with Crippen LogP contribution >= 0.6 is 0 Å². The van der Waals surface area contributed by atoms with Crippen LogP contribution in [0.2, 0.25) is 0 Å². The third-order valence-electron chi connectivity index (χ3n) is 1.78. The van der Waals surface area contributed by atoms with Crippen LogP contribution in [0.5, 0.6) is 0 Å². The van der Waals surface area contributed by atoms with Gasteiger partial charge in [0.2, 0.25) is 0 Å². The second kappa shape index (κ2) is 4.76. The number of hydrogen-bond donors (Lipinski definition) is 1. The molecule has 0 aliphatic carbocycles. The molecule has 0 unspecified atom stereocenters. The minimum Gasteiger partial charge on any atom is -0.331 e. The molecule has 0 bridgehead atoms. The summed E-state index contributed by atoms with van der Waals surface area (Å²) in [7, 11) is 0. The predicted molar refractivity (Wildman–Crippen MR) is 34.1 cm³/mol. The van der Waals surface area contributed by atoms with Gasteiger partial charge in [-0.15, -0.1) is 13.2 Å². The fraction of sp³-hybridized carbons (Fsp3) is 1.00. The molecular formula is C6HF13O2. The van der Waals surface area contributed by atoms with Crippen LogP contribution in [0.25, 0.3) is 0 Å². The van der Waals surface area contributed by atoms with Gasteiger partial charge in [0.25, 0.3) is 0 Å². The molecule has 0 radical (unpaired) electrons. The minimum absolute atomic E-state index is 1.26.